The van der Waals surface area contributed by atoms with Gasteiger partial charge in [0, 0.05) is 13.0 Å². The molecule has 26 heavy (non-hydrogen) atoms. The normalized spacial score (nSPS) is 12.4. The fourth-order valence-corrected chi connectivity index (χ4v) is 2.37. The van der Waals surface area contributed by atoms with Crippen LogP contribution >= 0.6 is 0 Å². The second-order valence-corrected chi connectivity index (χ2v) is 6.73. The summed E-state index contributed by atoms with van der Waals surface area (Å²) in [5.41, 5.74) is 0.986. The summed E-state index contributed by atoms with van der Waals surface area (Å²) in [7, 11) is 3.45. The number of hydrogen-bond acceptors (Lipinski definition) is 4. The molecule has 0 aromatic heterocycles. The Morgan fingerprint density at radius 1 is 1.19 bits per heavy atom. The molecule has 0 bridgehead atoms. The number of carbonyl (C=O) groups excluding carboxylic acids is 1. The molecule has 0 radical (unpaired) electrons. The Kier molecular flexibility index (Phi) is 10.5. The van der Waals surface area contributed by atoms with E-state index < -0.39 is 0 Å². The maximum Gasteiger partial charge on any atom is 0.220 e. The molecule has 0 saturated carbocycles. The summed E-state index contributed by atoms with van der Waals surface area (Å²) in [5.74, 6) is 2.02. The monoisotopic (exact) mass is 362 g/mol. The molecule has 1 aromatic rings. The molecule has 1 aromatic carbocycles. The molecule has 146 valence electrons. The molecule has 0 heterocycles. The lowest BCUT2D eigenvalue weighted by molar-refractivity contribution is -0.121. The van der Waals surface area contributed by atoms with Crippen LogP contribution in [0.3, 0.4) is 0 Å². The average molecular weight is 363 g/mol. The van der Waals surface area contributed by atoms with Crippen molar-refractivity contribution in [3.63, 3.8) is 0 Å². The number of carbonyl (C=O) groups is 1. The van der Waals surface area contributed by atoms with Crippen LogP contribution in [0.5, 0.6) is 11.5 Å². The van der Waals surface area contributed by atoms with E-state index in [4.69, 9.17) is 9.47 Å². The van der Waals surface area contributed by atoms with Crippen LogP contribution < -0.4 is 20.1 Å². The van der Waals surface area contributed by atoms with Crippen LogP contribution in [0.2, 0.25) is 0 Å². The highest BCUT2D eigenvalue weighted by molar-refractivity contribution is 5.75. The Morgan fingerprint density at radius 3 is 2.62 bits per heavy atom. The third-order valence-corrected chi connectivity index (χ3v) is 3.97. The van der Waals surface area contributed by atoms with Crippen LogP contribution in [0.1, 0.15) is 52.0 Å². The standard InChI is InChI=1S/C21H34N2O3/c1-16(2)10-8-6-7-9-11-21(24)23-15-18-12-13-19(20(14-18)25-5)26-17(3)22-4/h8,10,12-14,16-17,22H,6-7,9,11,15H2,1-5H3,(H,23,24)/b10-8+. The van der Waals surface area contributed by atoms with Gasteiger partial charge in [-0.3, -0.25) is 10.1 Å². The minimum atomic E-state index is -0.107. The number of methoxy groups -OCH3 is 1. The second-order valence-electron chi connectivity index (χ2n) is 6.73. The quantitative estimate of drug-likeness (QED) is 0.335. The summed E-state index contributed by atoms with van der Waals surface area (Å²) in [5, 5.41) is 5.98. The lowest BCUT2D eigenvalue weighted by Crippen LogP contribution is -2.27. The minimum absolute atomic E-state index is 0.0842. The molecule has 1 atom stereocenters. The molecule has 1 amide bonds. The van der Waals surface area contributed by atoms with E-state index in [-0.39, 0.29) is 12.1 Å². The van der Waals surface area contributed by atoms with Crippen LogP contribution in [-0.4, -0.2) is 26.3 Å². The van der Waals surface area contributed by atoms with Crippen molar-refractivity contribution in [2.45, 2.75) is 59.2 Å². The number of benzene rings is 1. The molecule has 0 fully saturated rings. The van der Waals surface area contributed by atoms with E-state index >= 15 is 0 Å². The molecule has 0 aliphatic carbocycles. The zero-order valence-electron chi connectivity index (χ0n) is 16.8. The van der Waals surface area contributed by atoms with Gasteiger partial charge < -0.3 is 14.8 Å². The smallest absolute Gasteiger partial charge is 0.220 e. The van der Waals surface area contributed by atoms with Crippen LogP contribution in [0.25, 0.3) is 0 Å². The number of ether oxygens (including phenoxy) is 2. The average Bonchev–Trinajstić information content (AvgIpc) is 2.63. The first-order valence-electron chi connectivity index (χ1n) is 9.40. The Hall–Kier alpha value is -2.01. The Morgan fingerprint density at radius 2 is 1.96 bits per heavy atom. The molecule has 1 rings (SSSR count). The van der Waals surface area contributed by atoms with Crippen molar-refractivity contribution >= 4 is 5.91 Å². The lowest BCUT2D eigenvalue weighted by atomic mass is 10.1. The predicted octanol–water partition coefficient (Wildman–Crippen LogP) is 4.03. The maximum absolute atomic E-state index is 12.0. The van der Waals surface area contributed by atoms with Gasteiger partial charge in [0.25, 0.3) is 0 Å². The number of amides is 1. The van der Waals surface area contributed by atoms with Gasteiger partial charge in [-0.25, -0.2) is 0 Å². The van der Waals surface area contributed by atoms with E-state index in [2.05, 4.69) is 36.6 Å². The summed E-state index contributed by atoms with van der Waals surface area (Å²) in [6.45, 7) is 6.74. The van der Waals surface area contributed by atoms with Crippen molar-refractivity contribution < 1.29 is 14.3 Å². The number of hydrogen-bond donors (Lipinski definition) is 2. The zero-order valence-corrected chi connectivity index (χ0v) is 16.8. The van der Waals surface area contributed by atoms with Gasteiger partial charge in [-0.05, 0) is 56.8 Å². The van der Waals surface area contributed by atoms with Gasteiger partial charge in [0.15, 0.2) is 11.5 Å². The molecule has 2 N–H and O–H groups in total. The fraction of sp³-hybridized carbons (Fsp3) is 0.571. The zero-order chi connectivity index (χ0) is 19.4. The lowest BCUT2D eigenvalue weighted by Gasteiger charge is -2.17. The van der Waals surface area contributed by atoms with Gasteiger partial charge in [0.1, 0.15) is 6.23 Å². The fourth-order valence-electron chi connectivity index (χ4n) is 2.37. The molecule has 1 unspecified atom stereocenters. The van der Waals surface area contributed by atoms with Gasteiger partial charge in [-0.15, -0.1) is 0 Å². The van der Waals surface area contributed by atoms with E-state index in [9.17, 15) is 4.79 Å². The van der Waals surface area contributed by atoms with Crippen molar-refractivity contribution in [2.75, 3.05) is 14.2 Å². The largest absolute Gasteiger partial charge is 0.493 e. The summed E-state index contributed by atoms with van der Waals surface area (Å²) < 4.78 is 11.1. The first-order chi connectivity index (χ1) is 12.5. The molecule has 5 nitrogen and oxygen atoms in total. The van der Waals surface area contributed by atoms with Gasteiger partial charge in [-0.1, -0.05) is 32.1 Å². The molecular formula is C21H34N2O3. The van der Waals surface area contributed by atoms with Gasteiger partial charge in [0.05, 0.1) is 7.11 Å². The van der Waals surface area contributed by atoms with Gasteiger partial charge >= 0.3 is 0 Å². The first kappa shape index (κ1) is 22.0. The van der Waals surface area contributed by atoms with Crippen LogP contribution in [-0.2, 0) is 11.3 Å². The number of allylic oxidation sites excluding steroid dienone is 2. The van der Waals surface area contributed by atoms with E-state index in [1.54, 1.807) is 7.11 Å². The molecule has 5 heteroatoms. The number of unbranched alkanes of at least 4 members (excludes halogenated alkanes) is 2. The molecule has 0 aliphatic rings. The van der Waals surface area contributed by atoms with Crippen LogP contribution in [0, 0.1) is 5.92 Å². The third-order valence-electron chi connectivity index (χ3n) is 3.97. The highest BCUT2D eigenvalue weighted by Gasteiger charge is 2.09. The third kappa shape index (κ3) is 8.90. The molecule has 0 saturated heterocycles. The Bertz CT molecular complexity index is 570. The maximum atomic E-state index is 12.0. The SMILES string of the molecule is CNC(C)Oc1ccc(CNC(=O)CCCC/C=C/C(C)C)cc1OC. The van der Waals surface area contributed by atoms with E-state index in [1.807, 2.05) is 32.2 Å². The first-order valence-corrected chi connectivity index (χ1v) is 9.40. The van der Waals surface area contributed by atoms with E-state index in [1.165, 1.54) is 0 Å². The second kappa shape index (κ2) is 12.4. The van der Waals surface area contributed by atoms with Crippen LogP contribution in [0.15, 0.2) is 30.4 Å². The molecular weight excluding hydrogens is 328 g/mol. The minimum Gasteiger partial charge on any atom is -0.493 e. The molecule has 0 aliphatic heterocycles. The van der Waals surface area contributed by atoms with Crippen molar-refractivity contribution in [3.8, 4) is 11.5 Å². The molecule has 0 spiro atoms. The van der Waals surface area contributed by atoms with Crippen molar-refractivity contribution in [3.05, 3.63) is 35.9 Å². The van der Waals surface area contributed by atoms with Gasteiger partial charge in [0.2, 0.25) is 5.91 Å². The van der Waals surface area contributed by atoms with Crippen LogP contribution in [0.4, 0.5) is 0 Å². The summed E-state index contributed by atoms with van der Waals surface area (Å²) in [6.07, 6.45) is 7.85. The van der Waals surface area contributed by atoms with Crippen molar-refractivity contribution in [1.29, 1.82) is 0 Å². The van der Waals surface area contributed by atoms with Gasteiger partial charge in [-0.2, -0.15) is 0 Å². The van der Waals surface area contributed by atoms with E-state index in [0.717, 1.165) is 24.8 Å². The van der Waals surface area contributed by atoms with E-state index in [0.29, 0.717) is 30.4 Å². The topological polar surface area (TPSA) is 59.6 Å². The summed E-state index contributed by atoms with van der Waals surface area (Å²) >= 11 is 0. The Labute approximate surface area is 158 Å². The number of rotatable bonds is 12. The predicted molar refractivity (Wildman–Crippen MR) is 106 cm³/mol. The summed E-state index contributed by atoms with van der Waals surface area (Å²) in [6, 6.07) is 5.71. The number of nitrogens with one attached hydrogen (secondary N) is 2. The Balaban J connectivity index is 2.38. The highest BCUT2D eigenvalue weighted by atomic mass is 16.5. The summed E-state index contributed by atoms with van der Waals surface area (Å²) in [4.78, 5) is 12.0. The van der Waals surface area contributed by atoms with Crippen molar-refractivity contribution in [2.24, 2.45) is 5.92 Å². The highest BCUT2D eigenvalue weighted by Crippen LogP contribution is 2.28. The van der Waals surface area contributed by atoms with Crippen molar-refractivity contribution in [1.82, 2.24) is 10.6 Å².